The molecule has 0 heterocycles. The topological polar surface area (TPSA) is 107 Å². The van der Waals surface area contributed by atoms with Gasteiger partial charge < -0.3 is 25.2 Å². The first kappa shape index (κ1) is 24.6. The molecular weight excluding hydrogens is 300 g/mol. The highest BCUT2D eigenvalue weighted by atomic mass is 16.5. The molecule has 140 valence electrons. The van der Waals surface area contributed by atoms with Crippen LogP contribution in [-0.4, -0.2) is 57.4 Å². The summed E-state index contributed by atoms with van der Waals surface area (Å²) in [5.41, 5.74) is -0.728. The van der Waals surface area contributed by atoms with Crippen molar-refractivity contribution in [2.24, 2.45) is 0 Å². The van der Waals surface area contributed by atoms with Crippen molar-refractivity contribution >= 4 is 5.97 Å². The van der Waals surface area contributed by atoms with Gasteiger partial charge in [-0.2, -0.15) is 0 Å². The molecule has 2 unspecified atom stereocenters. The molecule has 0 aromatic carbocycles. The minimum absolute atomic E-state index is 0.107. The molecule has 4 N–H and O–H groups in total. The molecule has 0 aliphatic heterocycles. The summed E-state index contributed by atoms with van der Waals surface area (Å²) in [6.07, 6.45) is 4.92. The van der Waals surface area contributed by atoms with Gasteiger partial charge in [0, 0.05) is 12.8 Å². The molecule has 0 spiro atoms. The highest BCUT2D eigenvalue weighted by Gasteiger charge is 2.14. The molecule has 6 heteroatoms. The molecule has 0 amide bonds. The van der Waals surface area contributed by atoms with Gasteiger partial charge in [0.05, 0.1) is 18.3 Å². The van der Waals surface area contributed by atoms with E-state index in [-0.39, 0.29) is 19.2 Å². The third-order valence-corrected chi connectivity index (χ3v) is 2.93. The summed E-state index contributed by atoms with van der Waals surface area (Å²) in [7, 11) is 0. The van der Waals surface area contributed by atoms with Crippen molar-refractivity contribution in [1.29, 1.82) is 0 Å². The van der Waals surface area contributed by atoms with Crippen LogP contribution >= 0.6 is 0 Å². The first-order valence-electron chi connectivity index (χ1n) is 8.47. The monoisotopic (exact) mass is 336 g/mol. The van der Waals surface area contributed by atoms with Crippen molar-refractivity contribution in [3.63, 3.8) is 0 Å². The van der Waals surface area contributed by atoms with Gasteiger partial charge >= 0.3 is 5.97 Å². The molecule has 6 nitrogen and oxygen atoms in total. The lowest BCUT2D eigenvalue weighted by atomic mass is 10.0. The van der Waals surface area contributed by atoms with Crippen LogP contribution in [0, 0.1) is 0 Å². The molecule has 0 saturated carbocycles. The van der Waals surface area contributed by atoms with Gasteiger partial charge in [0.15, 0.2) is 0 Å². The summed E-state index contributed by atoms with van der Waals surface area (Å²) >= 11 is 0. The smallest absolute Gasteiger partial charge is 0.305 e. The van der Waals surface area contributed by atoms with Crippen LogP contribution < -0.4 is 0 Å². The summed E-state index contributed by atoms with van der Waals surface area (Å²) in [6, 6.07) is 0. The summed E-state index contributed by atoms with van der Waals surface area (Å²) < 4.78 is 4.75. The van der Waals surface area contributed by atoms with Crippen LogP contribution in [0.1, 0.15) is 72.6 Å². The van der Waals surface area contributed by atoms with E-state index < -0.39 is 17.8 Å². The Morgan fingerprint density at radius 1 is 1.13 bits per heavy atom. The normalized spacial score (nSPS) is 13.7. The van der Waals surface area contributed by atoms with Gasteiger partial charge in [-0.3, -0.25) is 4.79 Å². The van der Waals surface area contributed by atoms with Crippen molar-refractivity contribution in [2.75, 3.05) is 13.2 Å². The third-order valence-electron chi connectivity index (χ3n) is 2.93. The summed E-state index contributed by atoms with van der Waals surface area (Å²) in [6.45, 7) is 6.69. The molecule has 0 rings (SSSR count). The molecule has 0 aliphatic rings. The molecule has 0 aromatic heterocycles. The van der Waals surface area contributed by atoms with Gasteiger partial charge in [0.25, 0.3) is 0 Å². The number of rotatable bonds is 11. The van der Waals surface area contributed by atoms with Gasteiger partial charge in [-0.25, -0.2) is 0 Å². The molecule has 0 fully saturated rings. The Morgan fingerprint density at radius 2 is 1.70 bits per heavy atom. The average molecular weight is 336 g/mol. The molecule has 0 radical (unpaired) electrons. The number of carbonyl (C=O) groups excluding carboxylic acids is 1. The van der Waals surface area contributed by atoms with E-state index in [4.69, 9.17) is 25.2 Å². The third kappa shape index (κ3) is 23.7. The van der Waals surface area contributed by atoms with E-state index in [0.717, 1.165) is 19.3 Å². The quantitative estimate of drug-likeness (QED) is 0.338. The first-order valence-corrected chi connectivity index (χ1v) is 8.47. The van der Waals surface area contributed by atoms with Gasteiger partial charge in [-0.05, 0) is 27.2 Å². The number of aliphatic hydroxyl groups is 4. The lowest BCUT2D eigenvalue weighted by Crippen LogP contribution is -2.24. The minimum atomic E-state index is -0.950. The lowest BCUT2D eigenvalue weighted by Gasteiger charge is -2.17. The van der Waals surface area contributed by atoms with Crippen LogP contribution in [0.5, 0.6) is 0 Å². The molecule has 0 aliphatic carbocycles. The van der Waals surface area contributed by atoms with Crippen LogP contribution in [0.25, 0.3) is 0 Å². The van der Waals surface area contributed by atoms with Crippen LogP contribution in [0.2, 0.25) is 0 Å². The molecule has 0 bridgehead atoms. The van der Waals surface area contributed by atoms with Gasteiger partial charge in [-0.1, -0.05) is 32.6 Å². The minimum Gasteiger partial charge on any atom is -0.463 e. The number of aliphatic hydroxyl groups excluding tert-OH is 3. The van der Waals surface area contributed by atoms with E-state index in [9.17, 15) is 4.79 Å². The van der Waals surface area contributed by atoms with E-state index >= 15 is 0 Å². The summed E-state index contributed by atoms with van der Waals surface area (Å²) in [4.78, 5) is 11.1. The van der Waals surface area contributed by atoms with E-state index in [1.165, 1.54) is 12.8 Å². The fraction of sp³-hybridized carbons (Fsp3) is 0.941. The lowest BCUT2D eigenvalue weighted by molar-refractivity contribution is -0.147. The SMILES string of the molecule is CC(O)CC(C)(C)O.CCCCCCCC(=O)OCC(O)CO. The fourth-order valence-corrected chi connectivity index (χ4v) is 1.91. The summed E-state index contributed by atoms with van der Waals surface area (Å²) in [5, 5.41) is 35.2. The average Bonchev–Trinajstić information content (AvgIpc) is 2.42. The Hall–Kier alpha value is -0.690. The van der Waals surface area contributed by atoms with E-state index in [1.807, 2.05) is 0 Å². The van der Waals surface area contributed by atoms with Gasteiger partial charge in [-0.15, -0.1) is 0 Å². The van der Waals surface area contributed by atoms with Crippen LogP contribution in [-0.2, 0) is 9.53 Å². The Kier molecular flexibility index (Phi) is 15.9. The standard InChI is InChI=1S/C11H22O4.C6H14O2/c1-2-3-4-5-6-7-11(14)15-9-10(13)8-12;1-5(7)4-6(2,3)8/h10,12-13H,2-9H2,1H3;5,7-8H,4H2,1-3H3. The van der Waals surface area contributed by atoms with Gasteiger partial charge in [0.2, 0.25) is 0 Å². The number of ether oxygens (including phenoxy) is 1. The second kappa shape index (κ2) is 14.9. The Labute approximate surface area is 140 Å². The zero-order valence-electron chi connectivity index (χ0n) is 15.1. The van der Waals surface area contributed by atoms with Crippen molar-refractivity contribution in [2.45, 2.75) is 90.4 Å². The maximum Gasteiger partial charge on any atom is 0.305 e. The highest BCUT2D eigenvalue weighted by Crippen LogP contribution is 2.09. The second-order valence-electron chi connectivity index (χ2n) is 6.55. The molecule has 0 saturated heterocycles. The number of carbonyl (C=O) groups is 1. The molecular formula is C17H36O6. The zero-order valence-corrected chi connectivity index (χ0v) is 15.1. The maximum atomic E-state index is 11.1. The molecule has 23 heavy (non-hydrogen) atoms. The molecule has 0 aromatic rings. The summed E-state index contributed by atoms with van der Waals surface area (Å²) in [5.74, 6) is -0.293. The van der Waals surface area contributed by atoms with Crippen LogP contribution in [0.3, 0.4) is 0 Å². The van der Waals surface area contributed by atoms with Crippen LogP contribution in [0.4, 0.5) is 0 Å². The maximum absolute atomic E-state index is 11.1. The van der Waals surface area contributed by atoms with Crippen molar-refractivity contribution in [3.8, 4) is 0 Å². The fourth-order valence-electron chi connectivity index (χ4n) is 1.91. The van der Waals surface area contributed by atoms with Crippen LogP contribution in [0.15, 0.2) is 0 Å². The van der Waals surface area contributed by atoms with E-state index in [1.54, 1.807) is 20.8 Å². The highest BCUT2D eigenvalue weighted by molar-refractivity contribution is 5.69. The second-order valence-corrected chi connectivity index (χ2v) is 6.55. The number of esters is 1. The number of hydrogen-bond acceptors (Lipinski definition) is 6. The van der Waals surface area contributed by atoms with E-state index in [2.05, 4.69) is 6.92 Å². The predicted molar refractivity (Wildman–Crippen MR) is 90.0 cm³/mol. The largest absolute Gasteiger partial charge is 0.463 e. The van der Waals surface area contributed by atoms with Crippen molar-refractivity contribution in [1.82, 2.24) is 0 Å². The first-order chi connectivity index (χ1) is 10.6. The van der Waals surface area contributed by atoms with Gasteiger partial charge in [0.1, 0.15) is 12.7 Å². The Bertz CT molecular complexity index is 273. The predicted octanol–water partition coefficient (Wildman–Crippen LogP) is 1.77. The van der Waals surface area contributed by atoms with E-state index in [0.29, 0.717) is 12.8 Å². The molecule has 2 atom stereocenters. The van der Waals surface area contributed by atoms with Crippen molar-refractivity contribution in [3.05, 3.63) is 0 Å². The Balaban J connectivity index is 0. The number of unbranched alkanes of at least 4 members (excludes halogenated alkanes) is 4. The number of hydrogen-bond donors (Lipinski definition) is 4. The Morgan fingerprint density at radius 3 is 2.09 bits per heavy atom. The zero-order chi connectivity index (χ0) is 18.3. The van der Waals surface area contributed by atoms with Crippen molar-refractivity contribution < 1.29 is 30.0 Å².